The maximum atomic E-state index is 13.5. The number of rotatable bonds is 9. The zero-order valence-electron chi connectivity index (χ0n) is 19.3. The summed E-state index contributed by atoms with van der Waals surface area (Å²) >= 11 is 12.6. The molecule has 0 spiro atoms. The lowest BCUT2D eigenvalue weighted by Gasteiger charge is -2.32. The summed E-state index contributed by atoms with van der Waals surface area (Å²) < 4.78 is 26.5. The first-order valence-corrected chi connectivity index (χ1v) is 13.0. The van der Waals surface area contributed by atoms with Crippen LogP contribution in [-0.4, -0.2) is 51.0 Å². The Morgan fingerprint density at radius 1 is 1.00 bits per heavy atom. The van der Waals surface area contributed by atoms with E-state index < -0.39 is 34.4 Å². The van der Waals surface area contributed by atoms with Crippen molar-refractivity contribution in [1.29, 1.82) is 0 Å². The quantitative estimate of drug-likeness (QED) is 0.547. The Morgan fingerprint density at radius 3 is 2.09 bits per heavy atom. The Balaban J connectivity index is 2.51. The molecule has 33 heavy (non-hydrogen) atoms. The third-order valence-electron chi connectivity index (χ3n) is 5.31. The van der Waals surface area contributed by atoms with Crippen LogP contribution in [0.4, 0.5) is 5.69 Å². The monoisotopic (exact) mass is 513 g/mol. The molecule has 0 saturated heterocycles. The molecule has 0 heterocycles. The highest BCUT2D eigenvalue weighted by Crippen LogP contribution is 2.30. The fraction of sp³-hybridized carbons (Fsp3) is 0.391. The van der Waals surface area contributed by atoms with Crippen molar-refractivity contribution in [3.63, 3.8) is 0 Å². The highest BCUT2D eigenvalue weighted by atomic mass is 35.5. The lowest BCUT2D eigenvalue weighted by atomic mass is 10.0. The van der Waals surface area contributed by atoms with Crippen LogP contribution < -0.4 is 9.62 Å². The average molecular weight is 514 g/mol. The summed E-state index contributed by atoms with van der Waals surface area (Å²) in [4.78, 5) is 27.2. The standard InChI is InChI=1S/C23H29Cl2N3O4S/c1-15(2)17-9-6-7-12-21(17)28(33(5,31)32)14-22(29)27(16(3)23(30)26-4)13-18-19(24)10-8-11-20(18)25/h6-12,15-16H,13-14H2,1-5H3,(H,26,30). The molecule has 1 N–H and O–H groups in total. The van der Waals surface area contributed by atoms with Gasteiger partial charge in [-0.2, -0.15) is 0 Å². The molecule has 0 aliphatic heterocycles. The van der Waals surface area contributed by atoms with E-state index in [0.717, 1.165) is 16.1 Å². The molecule has 0 fully saturated rings. The van der Waals surface area contributed by atoms with E-state index in [0.29, 0.717) is 21.3 Å². The number of nitrogens with one attached hydrogen (secondary N) is 1. The normalized spacial score (nSPS) is 12.4. The number of sulfonamides is 1. The SMILES string of the molecule is CNC(=O)C(C)N(Cc1c(Cl)cccc1Cl)C(=O)CN(c1ccccc1C(C)C)S(C)(=O)=O. The Kier molecular flexibility index (Phi) is 9.17. The van der Waals surface area contributed by atoms with Gasteiger partial charge in [0.15, 0.2) is 0 Å². The summed E-state index contributed by atoms with van der Waals surface area (Å²) in [5, 5.41) is 3.21. The molecule has 0 saturated carbocycles. The number of carbonyl (C=O) groups excluding carboxylic acids is 2. The molecular formula is C23H29Cl2N3O4S. The fourth-order valence-corrected chi connectivity index (χ4v) is 4.83. The van der Waals surface area contributed by atoms with Gasteiger partial charge in [-0.1, -0.05) is 61.3 Å². The number of amides is 2. The predicted octanol–water partition coefficient (Wildman–Crippen LogP) is 4.05. The van der Waals surface area contributed by atoms with Gasteiger partial charge >= 0.3 is 0 Å². The van der Waals surface area contributed by atoms with Gasteiger partial charge in [0.25, 0.3) is 0 Å². The molecule has 2 rings (SSSR count). The molecule has 2 aromatic rings. The van der Waals surface area contributed by atoms with Crippen molar-refractivity contribution in [3.8, 4) is 0 Å². The van der Waals surface area contributed by atoms with E-state index in [9.17, 15) is 18.0 Å². The van der Waals surface area contributed by atoms with Crippen LogP contribution in [0.1, 0.15) is 37.8 Å². The molecule has 0 aromatic heterocycles. The van der Waals surface area contributed by atoms with Crippen molar-refractivity contribution in [2.45, 2.75) is 39.3 Å². The minimum Gasteiger partial charge on any atom is -0.357 e. The molecule has 0 bridgehead atoms. The first-order valence-electron chi connectivity index (χ1n) is 10.4. The van der Waals surface area contributed by atoms with Crippen molar-refractivity contribution in [2.24, 2.45) is 0 Å². The highest BCUT2D eigenvalue weighted by Gasteiger charge is 2.31. The van der Waals surface area contributed by atoms with Crippen LogP contribution in [0.15, 0.2) is 42.5 Å². The molecule has 0 radical (unpaired) electrons. The molecule has 0 aliphatic carbocycles. The number of hydrogen-bond donors (Lipinski definition) is 1. The second kappa shape index (κ2) is 11.2. The maximum absolute atomic E-state index is 13.5. The van der Waals surface area contributed by atoms with Crippen LogP contribution in [-0.2, 0) is 26.2 Å². The van der Waals surface area contributed by atoms with E-state index in [1.165, 1.54) is 11.9 Å². The van der Waals surface area contributed by atoms with E-state index in [2.05, 4.69) is 5.32 Å². The van der Waals surface area contributed by atoms with Gasteiger partial charge in [-0.25, -0.2) is 8.42 Å². The molecule has 1 atom stereocenters. The molecule has 1 unspecified atom stereocenters. The van der Waals surface area contributed by atoms with Crippen LogP contribution in [0.25, 0.3) is 0 Å². The number of carbonyl (C=O) groups is 2. The third-order valence-corrected chi connectivity index (χ3v) is 7.15. The zero-order chi connectivity index (χ0) is 24.9. The Bertz CT molecular complexity index is 1100. The van der Waals surface area contributed by atoms with Gasteiger partial charge in [0.1, 0.15) is 12.6 Å². The number of hydrogen-bond acceptors (Lipinski definition) is 4. The van der Waals surface area contributed by atoms with Crippen molar-refractivity contribution in [2.75, 3.05) is 24.2 Å². The van der Waals surface area contributed by atoms with Crippen LogP contribution >= 0.6 is 23.2 Å². The number of benzene rings is 2. The lowest BCUT2D eigenvalue weighted by molar-refractivity contribution is -0.139. The van der Waals surface area contributed by atoms with E-state index in [1.54, 1.807) is 37.3 Å². The number of anilines is 1. The van der Waals surface area contributed by atoms with E-state index in [-0.39, 0.29) is 12.5 Å². The van der Waals surface area contributed by atoms with Crippen molar-refractivity contribution in [1.82, 2.24) is 10.2 Å². The smallest absolute Gasteiger partial charge is 0.244 e. The van der Waals surface area contributed by atoms with E-state index in [1.807, 2.05) is 26.0 Å². The molecule has 10 heteroatoms. The van der Waals surface area contributed by atoms with E-state index >= 15 is 0 Å². The van der Waals surface area contributed by atoms with Crippen LogP contribution in [0.5, 0.6) is 0 Å². The van der Waals surface area contributed by atoms with Gasteiger partial charge in [-0.3, -0.25) is 13.9 Å². The van der Waals surface area contributed by atoms with Crippen molar-refractivity contribution >= 4 is 50.7 Å². The summed E-state index contributed by atoms with van der Waals surface area (Å²) in [7, 11) is -2.35. The van der Waals surface area contributed by atoms with Gasteiger partial charge in [0.2, 0.25) is 21.8 Å². The van der Waals surface area contributed by atoms with Crippen molar-refractivity contribution in [3.05, 3.63) is 63.6 Å². The van der Waals surface area contributed by atoms with Crippen LogP contribution in [0.3, 0.4) is 0 Å². The predicted molar refractivity (Wildman–Crippen MR) is 133 cm³/mol. The molecular weight excluding hydrogens is 485 g/mol. The second-order valence-electron chi connectivity index (χ2n) is 8.00. The number of likely N-dealkylation sites (N-methyl/N-ethyl adjacent to an activating group) is 1. The molecule has 2 aromatic carbocycles. The Morgan fingerprint density at radius 2 is 1.58 bits per heavy atom. The van der Waals surface area contributed by atoms with Gasteiger partial charge in [0, 0.05) is 29.2 Å². The number of nitrogens with zero attached hydrogens (tertiary/aromatic N) is 2. The number of halogens is 2. The number of para-hydroxylation sites is 1. The topological polar surface area (TPSA) is 86.8 Å². The first kappa shape index (κ1) is 27.0. The van der Waals surface area contributed by atoms with E-state index in [4.69, 9.17) is 23.2 Å². The highest BCUT2D eigenvalue weighted by molar-refractivity contribution is 7.92. The average Bonchev–Trinajstić information content (AvgIpc) is 2.75. The van der Waals surface area contributed by atoms with Gasteiger partial charge in [-0.05, 0) is 36.6 Å². The first-order chi connectivity index (χ1) is 15.4. The minimum absolute atomic E-state index is 0.0309. The summed E-state index contributed by atoms with van der Waals surface area (Å²) in [6.45, 7) is 4.91. The lowest BCUT2D eigenvalue weighted by Crippen LogP contribution is -2.50. The minimum atomic E-state index is -3.81. The Labute approximate surface area is 205 Å². The molecule has 0 aliphatic rings. The fourth-order valence-electron chi connectivity index (χ4n) is 3.44. The molecule has 2 amide bonds. The largest absolute Gasteiger partial charge is 0.357 e. The van der Waals surface area contributed by atoms with Crippen molar-refractivity contribution < 1.29 is 18.0 Å². The maximum Gasteiger partial charge on any atom is 0.244 e. The summed E-state index contributed by atoms with van der Waals surface area (Å²) in [6, 6.07) is 11.1. The molecule has 7 nitrogen and oxygen atoms in total. The van der Waals surface area contributed by atoms with Gasteiger partial charge in [0.05, 0.1) is 11.9 Å². The second-order valence-corrected chi connectivity index (χ2v) is 10.7. The summed E-state index contributed by atoms with van der Waals surface area (Å²) in [5.74, 6) is -0.936. The summed E-state index contributed by atoms with van der Waals surface area (Å²) in [6.07, 6.45) is 1.05. The van der Waals surface area contributed by atoms with Crippen LogP contribution in [0, 0.1) is 0 Å². The molecule has 180 valence electrons. The summed E-state index contributed by atoms with van der Waals surface area (Å²) in [5.41, 5.74) is 1.68. The van der Waals surface area contributed by atoms with Gasteiger partial charge in [-0.15, -0.1) is 0 Å². The zero-order valence-corrected chi connectivity index (χ0v) is 21.6. The van der Waals surface area contributed by atoms with Gasteiger partial charge < -0.3 is 10.2 Å². The third kappa shape index (κ3) is 6.62. The van der Waals surface area contributed by atoms with Crippen LogP contribution in [0.2, 0.25) is 10.0 Å². The Hall–Kier alpha value is -2.29.